The Morgan fingerprint density at radius 3 is 2.67 bits per heavy atom. The number of rotatable bonds is 1. The quantitative estimate of drug-likeness (QED) is 0.541. The van der Waals surface area contributed by atoms with E-state index in [2.05, 4.69) is 10.3 Å². The van der Waals surface area contributed by atoms with Gasteiger partial charge in [-0.15, -0.1) is 0 Å². The zero-order chi connectivity index (χ0) is 6.91. The Morgan fingerprint density at radius 1 is 1.78 bits per heavy atom. The molecule has 0 spiro atoms. The van der Waals surface area contributed by atoms with Crippen LogP contribution < -0.4 is 5.48 Å². The number of hydroxylamine groups is 1. The molecule has 0 amide bonds. The molecule has 1 N–H and O–H groups in total. The molecule has 0 aromatic heterocycles. The Hall–Kier alpha value is -0.550. The molecular weight excluding hydrogens is 142 g/mol. The van der Waals surface area contributed by atoms with Gasteiger partial charge in [-0.05, 0) is 0 Å². The maximum atomic E-state index is 10.6. The lowest BCUT2D eigenvalue weighted by Gasteiger charge is -1.90. The molecule has 1 rings (SSSR count). The largest absolute Gasteiger partial charge is 0.415 e. The van der Waals surface area contributed by atoms with Crippen LogP contribution in [0.4, 0.5) is 0 Å². The van der Waals surface area contributed by atoms with Crippen molar-refractivity contribution in [2.24, 2.45) is 0 Å². The summed E-state index contributed by atoms with van der Waals surface area (Å²) in [6.45, 7) is 0.277. The van der Waals surface area contributed by atoms with Gasteiger partial charge in [-0.3, -0.25) is 0 Å². The van der Waals surface area contributed by atoms with Crippen molar-refractivity contribution in [3.8, 4) is 0 Å². The highest BCUT2D eigenvalue weighted by atomic mass is 32.2. The fourth-order valence-electron chi connectivity index (χ4n) is 0.480. The second-order valence-electron chi connectivity index (χ2n) is 1.80. The molecule has 0 saturated carbocycles. The summed E-state index contributed by atoms with van der Waals surface area (Å²) >= 11 is 0. The first-order valence-corrected chi connectivity index (χ1v) is 4.27. The maximum absolute atomic E-state index is 10.6. The number of hydrogen-bond donors (Lipinski definition) is 1. The molecule has 0 aromatic carbocycles. The molecule has 9 heavy (non-hydrogen) atoms. The third-order valence-corrected chi connectivity index (χ3v) is 2.19. The van der Waals surface area contributed by atoms with Gasteiger partial charge in [0.15, 0.2) is 9.84 Å². The van der Waals surface area contributed by atoms with Gasteiger partial charge in [0.2, 0.25) is 0 Å². The molecule has 5 heteroatoms. The Balaban J connectivity index is 2.87. The van der Waals surface area contributed by atoms with Crippen LogP contribution in [0.5, 0.6) is 0 Å². The van der Waals surface area contributed by atoms with Gasteiger partial charge in [0.05, 0.1) is 11.4 Å². The normalized spacial score (nSPS) is 19.0. The predicted octanol–water partition coefficient (Wildman–Crippen LogP) is -0.593. The lowest BCUT2D eigenvalue weighted by Crippen LogP contribution is -2.10. The summed E-state index contributed by atoms with van der Waals surface area (Å²) in [5.41, 5.74) is 2.41. The molecule has 1 heterocycles. The van der Waals surface area contributed by atoms with Crippen LogP contribution in [-0.2, 0) is 14.7 Å². The van der Waals surface area contributed by atoms with Crippen molar-refractivity contribution < 1.29 is 13.3 Å². The number of nitrogens with one attached hydrogen (secondary N) is 1. The van der Waals surface area contributed by atoms with Crippen LogP contribution in [0.25, 0.3) is 0 Å². The zero-order valence-corrected chi connectivity index (χ0v) is 5.73. The van der Waals surface area contributed by atoms with Gasteiger partial charge in [-0.1, -0.05) is 0 Å². The molecule has 0 aromatic rings. The van der Waals surface area contributed by atoms with Gasteiger partial charge in [-0.2, -0.15) is 5.48 Å². The Labute approximate surface area is 53.4 Å². The van der Waals surface area contributed by atoms with Gasteiger partial charge < -0.3 is 4.84 Å². The van der Waals surface area contributed by atoms with Gasteiger partial charge in [0, 0.05) is 6.26 Å². The first kappa shape index (κ1) is 6.57. The predicted molar refractivity (Wildman–Crippen MR) is 32.0 cm³/mol. The first-order chi connectivity index (χ1) is 4.11. The summed E-state index contributed by atoms with van der Waals surface area (Å²) < 4.78 is 21.3. The summed E-state index contributed by atoms with van der Waals surface area (Å²) in [5, 5.41) is 0. The minimum Gasteiger partial charge on any atom is -0.415 e. The van der Waals surface area contributed by atoms with Crippen LogP contribution in [0.1, 0.15) is 0 Å². The van der Waals surface area contributed by atoms with Crippen molar-refractivity contribution in [2.45, 2.75) is 0 Å². The lowest BCUT2D eigenvalue weighted by molar-refractivity contribution is 0.168. The standard InChI is InChI=1S/C4H7NO3S/c1-9(6,7)4-2-5-8-3-4/h3,5H,2H2,1H3. The van der Waals surface area contributed by atoms with E-state index in [0.29, 0.717) is 4.91 Å². The average Bonchev–Trinajstić information content (AvgIpc) is 2.08. The highest BCUT2D eigenvalue weighted by molar-refractivity contribution is 7.94. The molecule has 1 aliphatic rings. The van der Waals surface area contributed by atoms with Crippen LogP contribution in [0.3, 0.4) is 0 Å². The van der Waals surface area contributed by atoms with Crippen molar-refractivity contribution in [1.82, 2.24) is 5.48 Å². The van der Waals surface area contributed by atoms with Crippen LogP contribution >= 0.6 is 0 Å². The molecule has 0 atom stereocenters. The van der Waals surface area contributed by atoms with Gasteiger partial charge >= 0.3 is 0 Å². The summed E-state index contributed by atoms with van der Waals surface area (Å²) in [5.74, 6) is 0. The fraction of sp³-hybridized carbons (Fsp3) is 0.500. The summed E-state index contributed by atoms with van der Waals surface area (Å²) in [4.78, 5) is 4.79. The van der Waals surface area contributed by atoms with Gasteiger partial charge in [-0.25, -0.2) is 8.42 Å². The molecule has 1 aliphatic heterocycles. The third-order valence-electron chi connectivity index (χ3n) is 0.996. The van der Waals surface area contributed by atoms with Crippen molar-refractivity contribution in [1.29, 1.82) is 0 Å². The Bertz CT molecular complexity index is 228. The molecule has 0 saturated heterocycles. The molecule has 0 aliphatic carbocycles. The van der Waals surface area contributed by atoms with E-state index in [-0.39, 0.29) is 6.54 Å². The zero-order valence-electron chi connectivity index (χ0n) is 4.92. The van der Waals surface area contributed by atoms with Crippen LogP contribution in [-0.4, -0.2) is 21.2 Å². The monoisotopic (exact) mass is 149 g/mol. The van der Waals surface area contributed by atoms with E-state index >= 15 is 0 Å². The van der Waals surface area contributed by atoms with Crippen molar-refractivity contribution in [2.75, 3.05) is 12.8 Å². The van der Waals surface area contributed by atoms with Crippen LogP contribution in [0, 0.1) is 0 Å². The summed E-state index contributed by atoms with van der Waals surface area (Å²) in [6, 6.07) is 0. The summed E-state index contributed by atoms with van der Waals surface area (Å²) in [7, 11) is -3.03. The third kappa shape index (κ3) is 1.43. The second kappa shape index (κ2) is 2.00. The smallest absolute Gasteiger partial charge is 0.176 e. The van der Waals surface area contributed by atoms with E-state index in [1.54, 1.807) is 0 Å². The minimum absolute atomic E-state index is 0.277. The molecule has 0 bridgehead atoms. The van der Waals surface area contributed by atoms with Crippen molar-refractivity contribution >= 4 is 9.84 Å². The van der Waals surface area contributed by atoms with Crippen molar-refractivity contribution in [3.63, 3.8) is 0 Å². The fourth-order valence-corrected chi connectivity index (χ4v) is 1.02. The molecule has 0 unspecified atom stereocenters. The Morgan fingerprint density at radius 2 is 2.44 bits per heavy atom. The van der Waals surface area contributed by atoms with Gasteiger partial charge in [0.25, 0.3) is 0 Å². The maximum Gasteiger partial charge on any atom is 0.176 e. The molecule has 4 nitrogen and oxygen atoms in total. The van der Waals surface area contributed by atoms with Crippen LogP contribution in [0.2, 0.25) is 0 Å². The van der Waals surface area contributed by atoms with E-state index < -0.39 is 9.84 Å². The number of sulfone groups is 1. The molecule has 52 valence electrons. The van der Waals surface area contributed by atoms with Gasteiger partial charge in [0.1, 0.15) is 6.26 Å². The van der Waals surface area contributed by atoms with E-state index in [4.69, 9.17) is 0 Å². The van der Waals surface area contributed by atoms with E-state index in [9.17, 15) is 8.42 Å². The van der Waals surface area contributed by atoms with E-state index in [1.165, 1.54) is 6.26 Å². The van der Waals surface area contributed by atoms with Crippen LogP contribution in [0.15, 0.2) is 11.2 Å². The first-order valence-electron chi connectivity index (χ1n) is 2.38. The molecule has 0 radical (unpaired) electrons. The van der Waals surface area contributed by atoms with E-state index in [0.717, 1.165) is 6.26 Å². The summed E-state index contributed by atoms with van der Waals surface area (Å²) in [6.07, 6.45) is 2.35. The second-order valence-corrected chi connectivity index (χ2v) is 3.86. The average molecular weight is 149 g/mol. The Kier molecular flexibility index (Phi) is 1.46. The van der Waals surface area contributed by atoms with E-state index in [1.807, 2.05) is 0 Å². The lowest BCUT2D eigenvalue weighted by atomic mass is 10.6. The minimum atomic E-state index is -3.03. The number of hydrogen-bond acceptors (Lipinski definition) is 4. The molecule has 0 fully saturated rings. The highest BCUT2D eigenvalue weighted by Gasteiger charge is 2.15. The topological polar surface area (TPSA) is 55.4 Å². The highest BCUT2D eigenvalue weighted by Crippen LogP contribution is 2.06. The molecular formula is C4H7NO3S. The SMILES string of the molecule is CS(=O)(=O)C1=CONC1. The van der Waals surface area contributed by atoms with Crippen molar-refractivity contribution in [3.05, 3.63) is 11.2 Å².